The van der Waals surface area contributed by atoms with Gasteiger partial charge in [-0.25, -0.2) is 9.59 Å². The van der Waals surface area contributed by atoms with Crippen LogP contribution in [0, 0.1) is 0 Å². The summed E-state index contributed by atoms with van der Waals surface area (Å²) in [5, 5.41) is 0. The highest BCUT2D eigenvalue weighted by atomic mass is 16.5. The van der Waals surface area contributed by atoms with Gasteiger partial charge in [0.25, 0.3) is 0 Å². The van der Waals surface area contributed by atoms with E-state index in [9.17, 15) is 9.59 Å². The molecule has 0 saturated heterocycles. The van der Waals surface area contributed by atoms with Crippen molar-refractivity contribution >= 4 is 17.6 Å². The van der Waals surface area contributed by atoms with Gasteiger partial charge < -0.3 is 14.4 Å². The zero-order valence-corrected chi connectivity index (χ0v) is 11.3. The molecule has 19 heavy (non-hydrogen) atoms. The second-order valence-electron chi connectivity index (χ2n) is 3.99. The highest BCUT2D eigenvalue weighted by Crippen LogP contribution is 2.15. The van der Waals surface area contributed by atoms with Crippen LogP contribution in [0.25, 0.3) is 0 Å². The zero-order chi connectivity index (χ0) is 14.4. The van der Waals surface area contributed by atoms with Crippen LogP contribution in [-0.4, -0.2) is 39.8 Å². The van der Waals surface area contributed by atoms with Gasteiger partial charge in [0.15, 0.2) is 0 Å². The first-order valence-electron chi connectivity index (χ1n) is 5.65. The third-order valence-electron chi connectivity index (χ3n) is 2.63. The normalized spacial score (nSPS) is 9.63. The Balaban J connectivity index is 2.73. The van der Waals surface area contributed by atoms with Gasteiger partial charge in [-0.1, -0.05) is 6.58 Å². The SMILES string of the molecule is C=C(CN(C)c1ccc(C(=O)OC)cc1)C(=O)OC. The number of rotatable bonds is 5. The Morgan fingerprint density at radius 3 is 2.21 bits per heavy atom. The monoisotopic (exact) mass is 263 g/mol. The number of esters is 2. The number of likely N-dealkylation sites (N-methyl/N-ethyl adjacent to an activating group) is 1. The minimum atomic E-state index is -0.432. The summed E-state index contributed by atoms with van der Waals surface area (Å²) in [4.78, 5) is 24.4. The molecule has 0 radical (unpaired) electrons. The first-order valence-corrected chi connectivity index (χ1v) is 5.65. The first kappa shape index (κ1) is 14.8. The Morgan fingerprint density at radius 1 is 1.16 bits per heavy atom. The van der Waals surface area contributed by atoms with Crippen molar-refractivity contribution in [2.45, 2.75) is 0 Å². The molecule has 0 unspecified atom stereocenters. The van der Waals surface area contributed by atoms with E-state index in [2.05, 4.69) is 16.1 Å². The van der Waals surface area contributed by atoms with Crippen LogP contribution in [0.4, 0.5) is 5.69 Å². The van der Waals surface area contributed by atoms with Crippen molar-refractivity contribution in [1.82, 2.24) is 0 Å². The van der Waals surface area contributed by atoms with Gasteiger partial charge >= 0.3 is 11.9 Å². The van der Waals surface area contributed by atoms with E-state index in [1.807, 2.05) is 11.9 Å². The lowest BCUT2D eigenvalue weighted by Gasteiger charge is -2.19. The molecule has 0 aliphatic heterocycles. The largest absolute Gasteiger partial charge is 0.466 e. The average molecular weight is 263 g/mol. The van der Waals surface area contributed by atoms with Gasteiger partial charge in [-0.3, -0.25) is 0 Å². The summed E-state index contributed by atoms with van der Waals surface area (Å²) in [5.74, 6) is -0.814. The van der Waals surface area contributed by atoms with E-state index in [1.54, 1.807) is 24.3 Å². The molecule has 0 heterocycles. The number of hydrogen-bond acceptors (Lipinski definition) is 5. The molecule has 0 amide bonds. The van der Waals surface area contributed by atoms with E-state index in [0.717, 1.165) is 5.69 Å². The minimum absolute atomic E-state index is 0.351. The molecule has 0 N–H and O–H groups in total. The maximum absolute atomic E-state index is 11.3. The Labute approximate surface area is 112 Å². The molecule has 0 saturated carbocycles. The minimum Gasteiger partial charge on any atom is -0.466 e. The Hall–Kier alpha value is -2.30. The third kappa shape index (κ3) is 3.84. The maximum atomic E-state index is 11.3. The number of carbonyl (C=O) groups excluding carboxylic acids is 2. The third-order valence-corrected chi connectivity index (χ3v) is 2.63. The van der Waals surface area contributed by atoms with Crippen molar-refractivity contribution < 1.29 is 19.1 Å². The summed E-state index contributed by atoms with van der Waals surface area (Å²) in [5.41, 5.74) is 1.70. The summed E-state index contributed by atoms with van der Waals surface area (Å²) >= 11 is 0. The van der Waals surface area contributed by atoms with Crippen molar-refractivity contribution in [3.05, 3.63) is 42.0 Å². The molecule has 1 aromatic carbocycles. The molecule has 0 aromatic heterocycles. The van der Waals surface area contributed by atoms with E-state index in [1.165, 1.54) is 14.2 Å². The summed E-state index contributed by atoms with van der Waals surface area (Å²) in [6.07, 6.45) is 0. The predicted molar refractivity (Wildman–Crippen MR) is 72.2 cm³/mol. The van der Waals surface area contributed by atoms with Crippen molar-refractivity contribution in [3.63, 3.8) is 0 Å². The van der Waals surface area contributed by atoms with Crippen molar-refractivity contribution in [2.24, 2.45) is 0 Å². The number of methoxy groups -OCH3 is 2. The van der Waals surface area contributed by atoms with Crippen LogP contribution in [0.5, 0.6) is 0 Å². The number of benzene rings is 1. The van der Waals surface area contributed by atoms with Crippen molar-refractivity contribution in [3.8, 4) is 0 Å². The molecule has 1 rings (SSSR count). The van der Waals surface area contributed by atoms with Crippen LogP contribution >= 0.6 is 0 Å². The van der Waals surface area contributed by atoms with Gasteiger partial charge in [-0.2, -0.15) is 0 Å². The van der Waals surface area contributed by atoms with Crippen LogP contribution in [0.1, 0.15) is 10.4 Å². The topological polar surface area (TPSA) is 55.8 Å². The fraction of sp³-hybridized carbons (Fsp3) is 0.286. The lowest BCUT2D eigenvalue weighted by atomic mass is 10.2. The van der Waals surface area contributed by atoms with Crippen LogP contribution in [0.15, 0.2) is 36.4 Å². The van der Waals surface area contributed by atoms with Crippen LogP contribution < -0.4 is 4.90 Å². The molecule has 0 aliphatic carbocycles. The quantitative estimate of drug-likeness (QED) is 0.597. The van der Waals surface area contributed by atoms with Crippen LogP contribution in [-0.2, 0) is 14.3 Å². The maximum Gasteiger partial charge on any atom is 0.337 e. The van der Waals surface area contributed by atoms with E-state index < -0.39 is 5.97 Å². The molecular formula is C14H17NO4. The fourth-order valence-corrected chi connectivity index (χ4v) is 1.56. The first-order chi connectivity index (χ1) is 8.99. The summed E-state index contributed by atoms with van der Waals surface area (Å²) in [7, 11) is 4.47. The highest BCUT2D eigenvalue weighted by molar-refractivity contribution is 5.90. The number of hydrogen-bond donors (Lipinski definition) is 0. The van der Waals surface area contributed by atoms with E-state index in [-0.39, 0.29) is 5.97 Å². The van der Waals surface area contributed by atoms with E-state index in [0.29, 0.717) is 17.7 Å². The molecule has 102 valence electrons. The van der Waals surface area contributed by atoms with E-state index >= 15 is 0 Å². The van der Waals surface area contributed by atoms with Crippen molar-refractivity contribution in [1.29, 1.82) is 0 Å². The number of anilines is 1. The van der Waals surface area contributed by atoms with Crippen LogP contribution in [0.2, 0.25) is 0 Å². The molecule has 0 aliphatic rings. The Kier molecular flexibility index (Phi) is 5.11. The zero-order valence-electron chi connectivity index (χ0n) is 11.3. The number of ether oxygens (including phenoxy) is 2. The van der Waals surface area contributed by atoms with Gasteiger partial charge in [0.05, 0.1) is 19.8 Å². The lowest BCUT2D eigenvalue weighted by Crippen LogP contribution is -2.23. The van der Waals surface area contributed by atoms with Crippen LogP contribution in [0.3, 0.4) is 0 Å². The fourth-order valence-electron chi connectivity index (χ4n) is 1.56. The molecular weight excluding hydrogens is 246 g/mol. The summed E-state index contributed by atoms with van der Waals surface area (Å²) in [6.45, 7) is 4.01. The van der Waals surface area contributed by atoms with Gasteiger partial charge in [-0.15, -0.1) is 0 Å². The molecule has 5 heteroatoms. The standard InChI is InChI=1S/C14H17NO4/c1-10(13(16)18-3)9-15(2)12-7-5-11(6-8-12)14(17)19-4/h5-8H,1,9H2,2-4H3. The Morgan fingerprint density at radius 2 is 1.74 bits per heavy atom. The van der Waals surface area contributed by atoms with Gasteiger partial charge in [0.1, 0.15) is 0 Å². The average Bonchev–Trinajstić information content (AvgIpc) is 2.45. The second kappa shape index (κ2) is 6.58. The molecule has 1 aromatic rings. The lowest BCUT2D eigenvalue weighted by molar-refractivity contribution is -0.136. The second-order valence-corrected chi connectivity index (χ2v) is 3.99. The Bertz CT molecular complexity index is 479. The molecule has 0 fully saturated rings. The predicted octanol–water partition coefficient (Wildman–Crippen LogP) is 1.64. The number of nitrogens with zero attached hydrogens (tertiary/aromatic N) is 1. The molecule has 0 atom stereocenters. The molecule has 0 bridgehead atoms. The summed E-state index contributed by atoms with van der Waals surface area (Å²) in [6, 6.07) is 6.88. The highest BCUT2D eigenvalue weighted by Gasteiger charge is 2.11. The van der Waals surface area contributed by atoms with Gasteiger partial charge in [0, 0.05) is 24.9 Å². The van der Waals surface area contributed by atoms with E-state index in [4.69, 9.17) is 0 Å². The molecule has 5 nitrogen and oxygen atoms in total. The van der Waals surface area contributed by atoms with Gasteiger partial charge in [-0.05, 0) is 24.3 Å². The number of carbonyl (C=O) groups is 2. The molecule has 0 spiro atoms. The van der Waals surface area contributed by atoms with Crippen molar-refractivity contribution in [2.75, 3.05) is 32.7 Å². The smallest absolute Gasteiger partial charge is 0.337 e. The summed E-state index contributed by atoms with van der Waals surface area (Å²) < 4.78 is 9.21. The van der Waals surface area contributed by atoms with Gasteiger partial charge in [0.2, 0.25) is 0 Å².